The molecular formula is C15H22N2. The first kappa shape index (κ1) is 11.1. The summed E-state index contributed by atoms with van der Waals surface area (Å²) in [5, 5.41) is 3.68. The Morgan fingerprint density at radius 2 is 2.29 bits per heavy atom. The first-order valence-electron chi connectivity index (χ1n) is 6.83. The molecule has 1 aromatic rings. The number of hydrogen-bond acceptors (Lipinski definition) is 2. The predicted molar refractivity (Wildman–Crippen MR) is 72.7 cm³/mol. The van der Waals surface area contributed by atoms with Crippen LogP contribution in [0.5, 0.6) is 0 Å². The number of fused-ring (bicyclic) bond motifs is 3. The van der Waals surface area contributed by atoms with Gasteiger partial charge in [0.15, 0.2) is 0 Å². The molecule has 2 unspecified atom stereocenters. The van der Waals surface area contributed by atoms with Gasteiger partial charge in [-0.15, -0.1) is 0 Å². The third-order valence-corrected chi connectivity index (χ3v) is 4.44. The fourth-order valence-electron chi connectivity index (χ4n) is 3.50. The van der Waals surface area contributed by atoms with Crippen LogP contribution in [0, 0.1) is 5.92 Å². The summed E-state index contributed by atoms with van der Waals surface area (Å²) in [7, 11) is 2.24. The molecule has 17 heavy (non-hydrogen) atoms. The van der Waals surface area contributed by atoms with Gasteiger partial charge in [0.2, 0.25) is 0 Å². The highest BCUT2D eigenvalue weighted by molar-refractivity contribution is 5.61. The Bertz CT molecular complexity index is 413. The van der Waals surface area contributed by atoms with Crippen LogP contribution in [0.3, 0.4) is 0 Å². The highest BCUT2D eigenvalue weighted by Gasteiger charge is 2.33. The van der Waals surface area contributed by atoms with Crippen molar-refractivity contribution in [1.29, 1.82) is 0 Å². The minimum atomic E-state index is 0.786. The fourth-order valence-corrected chi connectivity index (χ4v) is 3.50. The van der Waals surface area contributed by atoms with Crippen molar-refractivity contribution >= 4 is 5.69 Å². The van der Waals surface area contributed by atoms with E-state index in [0.717, 1.165) is 24.8 Å². The summed E-state index contributed by atoms with van der Waals surface area (Å²) in [5.74, 6) is 1.59. The van der Waals surface area contributed by atoms with Gasteiger partial charge in [-0.2, -0.15) is 0 Å². The molecule has 1 fully saturated rings. The summed E-state index contributed by atoms with van der Waals surface area (Å²) in [6.07, 6.45) is 2.45. The Hall–Kier alpha value is -1.02. The summed E-state index contributed by atoms with van der Waals surface area (Å²) in [6, 6.07) is 6.84. The average molecular weight is 230 g/mol. The van der Waals surface area contributed by atoms with E-state index in [2.05, 4.69) is 42.4 Å². The molecule has 0 saturated carbocycles. The molecule has 0 amide bonds. The zero-order valence-electron chi connectivity index (χ0n) is 10.9. The third kappa shape index (κ3) is 1.85. The van der Waals surface area contributed by atoms with Gasteiger partial charge in [0.05, 0.1) is 0 Å². The second-order valence-electron chi connectivity index (χ2n) is 5.53. The predicted octanol–water partition coefficient (Wildman–Crippen LogP) is 2.71. The minimum Gasteiger partial charge on any atom is -0.384 e. The van der Waals surface area contributed by atoms with Gasteiger partial charge in [-0.25, -0.2) is 0 Å². The minimum absolute atomic E-state index is 0.786. The van der Waals surface area contributed by atoms with Crippen molar-refractivity contribution in [3.8, 4) is 0 Å². The van der Waals surface area contributed by atoms with Gasteiger partial charge in [-0.05, 0) is 49.4 Å². The summed E-state index contributed by atoms with van der Waals surface area (Å²) < 4.78 is 0. The Kier molecular flexibility index (Phi) is 2.83. The fraction of sp³-hybridized carbons (Fsp3) is 0.600. The molecule has 1 aromatic carbocycles. The smallest absolute Gasteiger partial charge is 0.0408 e. The lowest BCUT2D eigenvalue weighted by molar-refractivity contribution is 0.187. The lowest BCUT2D eigenvalue weighted by Crippen LogP contribution is -2.42. The number of likely N-dealkylation sites (tertiary alicyclic amines) is 1. The molecule has 0 spiro atoms. The summed E-state index contributed by atoms with van der Waals surface area (Å²) >= 11 is 0. The van der Waals surface area contributed by atoms with Crippen LogP contribution in [0.25, 0.3) is 0 Å². The number of benzene rings is 1. The number of rotatable bonds is 1. The quantitative estimate of drug-likeness (QED) is 0.798. The van der Waals surface area contributed by atoms with Crippen molar-refractivity contribution in [2.45, 2.75) is 25.7 Å². The Balaban J connectivity index is 1.97. The number of nitrogens with one attached hydrogen (secondary N) is 1. The lowest BCUT2D eigenvalue weighted by Gasteiger charge is -2.42. The lowest BCUT2D eigenvalue weighted by atomic mass is 9.76. The molecule has 0 radical (unpaired) electrons. The van der Waals surface area contributed by atoms with E-state index in [0.29, 0.717) is 0 Å². The van der Waals surface area contributed by atoms with Crippen LogP contribution < -0.4 is 5.32 Å². The van der Waals surface area contributed by atoms with Gasteiger partial charge in [0, 0.05) is 18.8 Å². The zero-order valence-corrected chi connectivity index (χ0v) is 10.9. The van der Waals surface area contributed by atoms with Gasteiger partial charge in [-0.3, -0.25) is 0 Å². The first-order valence-corrected chi connectivity index (χ1v) is 6.83. The molecule has 1 saturated heterocycles. The van der Waals surface area contributed by atoms with Crippen LogP contribution >= 0.6 is 0 Å². The van der Waals surface area contributed by atoms with Gasteiger partial charge in [0.25, 0.3) is 0 Å². The maximum Gasteiger partial charge on any atom is 0.0408 e. The van der Waals surface area contributed by atoms with Crippen molar-refractivity contribution in [3.63, 3.8) is 0 Å². The number of para-hydroxylation sites is 1. The topological polar surface area (TPSA) is 15.3 Å². The molecule has 92 valence electrons. The van der Waals surface area contributed by atoms with Crippen molar-refractivity contribution in [2.75, 3.05) is 32.0 Å². The number of nitrogens with zero attached hydrogens (tertiary/aromatic N) is 1. The Morgan fingerprint density at radius 3 is 3.12 bits per heavy atom. The van der Waals surface area contributed by atoms with Crippen LogP contribution in [-0.4, -0.2) is 31.6 Å². The molecule has 2 aliphatic rings. The van der Waals surface area contributed by atoms with Gasteiger partial charge in [-0.1, -0.05) is 25.1 Å². The molecule has 0 aromatic heterocycles. The van der Waals surface area contributed by atoms with E-state index in [9.17, 15) is 0 Å². The Labute approximate surface area is 104 Å². The molecule has 2 heterocycles. The van der Waals surface area contributed by atoms with E-state index in [4.69, 9.17) is 0 Å². The molecule has 2 nitrogen and oxygen atoms in total. The maximum absolute atomic E-state index is 3.68. The van der Waals surface area contributed by atoms with E-state index >= 15 is 0 Å². The van der Waals surface area contributed by atoms with Crippen LogP contribution in [0.4, 0.5) is 5.69 Å². The van der Waals surface area contributed by atoms with Crippen LogP contribution in [0.2, 0.25) is 0 Å². The largest absolute Gasteiger partial charge is 0.384 e. The first-order chi connectivity index (χ1) is 8.29. The molecular weight excluding hydrogens is 208 g/mol. The van der Waals surface area contributed by atoms with Crippen LogP contribution in [0.15, 0.2) is 18.2 Å². The van der Waals surface area contributed by atoms with E-state index in [1.807, 2.05) is 0 Å². The number of hydrogen-bond donors (Lipinski definition) is 1. The summed E-state index contributed by atoms with van der Waals surface area (Å²) in [6.45, 7) is 5.89. The molecule has 3 rings (SSSR count). The van der Waals surface area contributed by atoms with Gasteiger partial charge in [0.1, 0.15) is 0 Å². The highest BCUT2D eigenvalue weighted by atomic mass is 15.1. The molecule has 2 aliphatic heterocycles. The van der Waals surface area contributed by atoms with Gasteiger partial charge >= 0.3 is 0 Å². The van der Waals surface area contributed by atoms with E-state index in [-0.39, 0.29) is 0 Å². The van der Waals surface area contributed by atoms with E-state index < -0.39 is 0 Å². The van der Waals surface area contributed by atoms with E-state index in [1.54, 1.807) is 5.56 Å². The summed E-state index contributed by atoms with van der Waals surface area (Å²) in [5.41, 5.74) is 4.51. The number of piperidine rings is 1. The summed E-state index contributed by atoms with van der Waals surface area (Å²) in [4.78, 5) is 2.47. The van der Waals surface area contributed by atoms with Crippen molar-refractivity contribution < 1.29 is 0 Å². The molecule has 0 aliphatic carbocycles. The molecule has 2 atom stereocenters. The number of aryl methyl sites for hydroxylation is 1. The second kappa shape index (κ2) is 4.34. The van der Waals surface area contributed by atoms with Crippen molar-refractivity contribution in [2.24, 2.45) is 5.92 Å². The van der Waals surface area contributed by atoms with Crippen molar-refractivity contribution in [1.82, 2.24) is 4.90 Å². The zero-order chi connectivity index (χ0) is 11.8. The molecule has 1 N–H and O–H groups in total. The molecule has 0 bridgehead atoms. The van der Waals surface area contributed by atoms with Crippen molar-refractivity contribution in [3.05, 3.63) is 29.3 Å². The SMILES string of the molecule is CCc1cccc2c1NCC1CN(C)CCC21. The second-order valence-corrected chi connectivity index (χ2v) is 5.53. The van der Waals surface area contributed by atoms with E-state index in [1.165, 1.54) is 30.8 Å². The Morgan fingerprint density at radius 1 is 1.41 bits per heavy atom. The maximum atomic E-state index is 3.68. The van der Waals surface area contributed by atoms with Gasteiger partial charge < -0.3 is 10.2 Å². The van der Waals surface area contributed by atoms with Crippen LogP contribution in [0.1, 0.15) is 30.4 Å². The monoisotopic (exact) mass is 230 g/mol. The molecule has 2 heteroatoms. The van der Waals surface area contributed by atoms with Crippen LogP contribution in [-0.2, 0) is 6.42 Å². The average Bonchev–Trinajstić information content (AvgIpc) is 2.37. The number of anilines is 1. The normalized spacial score (nSPS) is 28.1. The standard InChI is InChI=1S/C15H22N2/c1-3-11-5-4-6-14-13-7-8-17(2)10-12(13)9-16-15(11)14/h4-6,12-13,16H,3,7-10H2,1-2H3. The highest BCUT2D eigenvalue weighted by Crippen LogP contribution is 2.41. The third-order valence-electron chi connectivity index (χ3n) is 4.44.